The third kappa shape index (κ3) is 3.25. The maximum atomic E-state index is 2.12. The molecule has 0 aromatic heterocycles. The van der Waals surface area contributed by atoms with E-state index in [0.717, 1.165) is 0 Å². The van der Waals surface area contributed by atoms with Crippen LogP contribution < -0.4 is 0 Å². The Morgan fingerprint density at radius 1 is 0.688 bits per heavy atom. The molecule has 1 aliphatic rings. The topological polar surface area (TPSA) is 0 Å². The van der Waals surface area contributed by atoms with E-state index in [-0.39, 0.29) is 0 Å². The van der Waals surface area contributed by atoms with Crippen molar-refractivity contribution in [1.29, 1.82) is 0 Å². The van der Waals surface area contributed by atoms with Crippen molar-refractivity contribution >= 4 is 6.08 Å². The highest BCUT2D eigenvalue weighted by Gasteiger charge is 1.86. The van der Waals surface area contributed by atoms with Crippen molar-refractivity contribution in [2.24, 2.45) is 0 Å². The van der Waals surface area contributed by atoms with Crippen LogP contribution in [-0.4, -0.2) is 0 Å². The lowest BCUT2D eigenvalue weighted by molar-refractivity contribution is 1.63. The number of hydrogen-bond donors (Lipinski definition) is 0. The molecule has 1 aliphatic carbocycles. The fraction of sp³-hybridized carbons (Fsp3) is 0. The highest BCUT2D eigenvalue weighted by Crippen LogP contribution is 2.07. The maximum Gasteiger partial charge on any atom is -0.0256 e. The first-order chi connectivity index (χ1) is 7.95. The van der Waals surface area contributed by atoms with E-state index in [1.165, 1.54) is 11.1 Å². The number of allylic oxidation sites excluding steroid dienone is 9. The Labute approximate surface area is 96.6 Å². The van der Waals surface area contributed by atoms with Crippen LogP contribution in [0.2, 0.25) is 0 Å². The minimum Gasteiger partial charge on any atom is -0.0623 e. The lowest BCUT2D eigenvalue weighted by Crippen LogP contribution is -1.73. The summed E-state index contributed by atoms with van der Waals surface area (Å²) in [4.78, 5) is 0. The SMILES string of the molecule is C1=C\C=C/C(/C=C/c2ccccc2)=C\C=C/1. The van der Waals surface area contributed by atoms with Gasteiger partial charge in [0.25, 0.3) is 0 Å². The normalized spacial score (nSPS) is 24.1. The lowest BCUT2D eigenvalue weighted by Gasteiger charge is -1.94. The van der Waals surface area contributed by atoms with Gasteiger partial charge in [0.2, 0.25) is 0 Å². The van der Waals surface area contributed by atoms with E-state index in [1.807, 2.05) is 48.6 Å². The minimum absolute atomic E-state index is 1.20. The molecule has 0 saturated heterocycles. The van der Waals surface area contributed by atoms with Crippen LogP contribution in [0.1, 0.15) is 5.56 Å². The van der Waals surface area contributed by atoms with Gasteiger partial charge in [0, 0.05) is 0 Å². The molecule has 1 aromatic rings. The first kappa shape index (κ1) is 10.4. The number of benzene rings is 1. The molecule has 0 unspecified atom stereocenters. The fourth-order valence-corrected chi connectivity index (χ4v) is 1.45. The molecular formula is C16H14. The average molecular weight is 206 g/mol. The van der Waals surface area contributed by atoms with Crippen molar-refractivity contribution in [2.45, 2.75) is 0 Å². The summed E-state index contributed by atoms with van der Waals surface area (Å²) < 4.78 is 0. The van der Waals surface area contributed by atoms with Crippen LogP contribution in [0.15, 0.2) is 84.5 Å². The molecule has 0 fully saturated rings. The summed E-state index contributed by atoms with van der Waals surface area (Å²) in [7, 11) is 0. The molecule has 0 N–H and O–H groups in total. The van der Waals surface area contributed by atoms with Gasteiger partial charge in [0.1, 0.15) is 0 Å². The first-order valence-electron chi connectivity index (χ1n) is 5.40. The zero-order chi connectivity index (χ0) is 11.1. The van der Waals surface area contributed by atoms with Crippen LogP contribution in [0.4, 0.5) is 0 Å². The Balaban J connectivity index is 2.12. The monoisotopic (exact) mass is 206 g/mol. The molecule has 16 heavy (non-hydrogen) atoms. The van der Waals surface area contributed by atoms with E-state index in [2.05, 4.69) is 36.4 Å². The van der Waals surface area contributed by atoms with E-state index >= 15 is 0 Å². The highest BCUT2D eigenvalue weighted by atomic mass is 13.9. The van der Waals surface area contributed by atoms with Gasteiger partial charge in [0.15, 0.2) is 0 Å². The Morgan fingerprint density at radius 3 is 2.31 bits per heavy atom. The Hall–Kier alpha value is -2.08. The van der Waals surface area contributed by atoms with Gasteiger partial charge in [-0.05, 0) is 11.1 Å². The molecule has 0 nitrogen and oxygen atoms in total. The quantitative estimate of drug-likeness (QED) is 0.676. The molecule has 0 heteroatoms. The summed E-state index contributed by atoms with van der Waals surface area (Å²) in [5, 5.41) is 0. The van der Waals surface area contributed by atoms with Gasteiger partial charge >= 0.3 is 0 Å². The zero-order valence-electron chi connectivity index (χ0n) is 9.08. The summed E-state index contributed by atoms with van der Waals surface area (Å²) in [6, 6.07) is 10.3. The van der Waals surface area contributed by atoms with Gasteiger partial charge in [-0.2, -0.15) is 0 Å². The second-order valence-corrected chi connectivity index (χ2v) is 3.54. The number of hydrogen-bond acceptors (Lipinski definition) is 0. The van der Waals surface area contributed by atoms with Gasteiger partial charge in [-0.3, -0.25) is 0 Å². The summed E-state index contributed by atoms with van der Waals surface area (Å²) >= 11 is 0. The van der Waals surface area contributed by atoms with Crippen LogP contribution in [0.5, 0.6) is 0 Å². The van der Waals surface area contributed by atoms with Gasteiger partial charge in [-0.15, -0.1) is 0 Å². The van der Waals surface area contributed by atoms with E-state index < -0.39 is 0 Å². The molecule has 0 heterocycles. The van der Waals surface area contributed by atoms with Crippen molar-refractivity contribution < 1.29 is 0 Å². The second-order valence-electron chi connectivity index (χ2n) is 3.54. The molecule has 0 spiro atoms. The summed E-state index contributed by atoms with van der Waals surface area (Å²) in [6.07, 6.45) is 18.6. The largest absolute Gasteiger partial charge is 0.0623 e. The summed E-state index contributed by atoms with van der Waals surface area (Å²) in [5.74, 6) is 0. The van der Waals surface area contributed by atoms with Crippen LogP contribution >= 0.6 is 0 Å². The van der Waals surface area contributed by atoms with Gasteiger partial charge in [-0.1, -0.05) is 85.0 Å². The minimum atomic E-state index is 1.20. The van der Waals surface area contributed by atoms with Gasteiger partial charge < -0.3 is 0 Å². The van der Waals surface area contributed by atoms with E-state index in [9.17, 15) is 0 Å². The smallest absolute Gasteiger partial charge is 0.0256 e. The molecule has 0 aliphatic heterocycles. The molecule has 0 amide bonds. The van der Waals surface area contributed by atoms with Crippen molar-refractivity contribution in [3.05, 3.63) is 90.1 Å². The van der Waals surface area contributed by atoms with E-state index in [4.69, 9.17) is 0 Å². The highest BCUT2D eigenvalue weighted by molar-refractivity contribution is 5.55. The number of rotatable bonds is 2. The molecule has 1 aromatic carbocycles. The first-order valence-corrected chi connectivity index (χ1v) is 5.40. The molecular weight excluding hydrogens is 192 g/mol. The predicted molar refractivity (Wildman–Crippen MR) is 71.0 cm³/mol. The summed E-state index contributed by atoms with van der Waals surface area (Å²) in [5.41, 5.74) is 2.42. The summed E-state index contributed by atoms with van der Waals surface area (Å²) in [6.45, 7) is 0. The van der Waals surface area contributed by atoms with Crippen molar-refractivity contribution in [3.8, 4) is 0 Å². The maximum absolute atomic E-state index is 2.12. The van der Waals surface area contributed by atoms with Crippen molar-refractivity contribution in [2.75, 3.05) is 0 Å². The van der Waals surface area contributed by atoms with E-state index in [1.54, 1.807) is 0 Å². The third-order valence-corrected chi connectivity index (χ3v) is 2.29. The zero-order valence-corrected chi connectivity index (χ0v) is 9.08. The second kappa shape index (κ2) is 5.72. The molecule has 0 atom stereocenters. The molecule has 0 saturated carbocycles. The molecule has 78 valence electrons. The molecule has 2 rings (SSSR count). The van der Waals surface area contributed by atoms with Gasteiger partial charge in [-0.25, -0.2) is 0 Å². The predicted octanol–water partition coefficient (Wildman–Crippen LogP) is 4.31. The Kier molecular flexibility index (Phi) is 3.73. The van der Waals surface area contributed by atoms with E-state index in [0.29, 0.717) is 0 Å². The van der Waals surface area contributed by atoms with Crippen LogP contribution in [0.25, 0.3) is 6.08 Å². The lowest BCUT2D eigenvalue weighted by atomic mass is 10.1. The van der Waals surface area contributed by atoms with Crippen LogP contribution in [0.3, 0.4) is 0 Å². The van der Waals surface area contributed by atoms with Gasteiger partial charge in [0.05, 0.1) is 0 Å². The Bertz CT molecular complexity index is 468. The fourth-order valence-electron chi connectivity index (χ4n) is 1.45. The van der Waals surface area contributed by atoms with Crippen molar-refractivity contribution in [3.63, 3.8) is 0 Å². The average Bonchev–Trinajstić information content (AvgIpc) is 2.29. The third-order valence-electron chi connectivity index (χ3n) is 2.29. The Morgan fingerprint density at radius 2 is 1.44 bits per heavy atom. The standard InChI is InChI=1S/C16H14/c1-2-5-9-15(10-6-3-1)13-14-16-11-7-4-8-12-16/h1-14H/b2-1-,3-1?,5-2?,6-3-,9-5-,10-6?,14-13+,15-9?,15-10+. The molecule has 0 radical (unpaired) electrons. The van der Waals surface area contributed by atoms with Crippen molar-refractivity contribution in [1.82, 2.24) is 0 Å². The van der Waals surface area contributed by atoms with Crippen LogP contribution in [-0.2, 0) is 0 Å². The van der Waals surface area contributed by atoms with Crippen LogP contribution in [0, 0.1) is 0 Å². The molecule has 0 bridgehead atoms.